The number of hydrogen-bond donors (Lipinski definition) is 2. The fourth-order valence-corrected chi connectivity index (χ4v) is 2.26. The van der Waals surface area contributed by atoms with Gasteiger partial charge in [-0.1, -0.05) is 25.5 Å². The standard InChI is InChI=1S/C12H17NO2S/c1-2-3-8-16-11-6-4-10(5-7-11)9-12(14)13-15/h4-7,15H,2-3,8-9H2,1H3,(H,13,14). The predicted molar refractivity (Wildman–Crippen MR) is 65.7 cm³/mol. The van der Waals surface area contributed by atoms with Crippen molar-refractivity contribution < 1.29 is 10.0 Å². The smallest absolute Gasteiger partial charge is 0.247 e. The fourth-order valence-electron chi connectivity index (χ4n) is 1.26. The Morgan fingerprint density at radius 3 is 2.62 bits per heavy atom. The van der Waals surface area contributed by atoms with Crippen molar-refractivity contribution in [3.05, 3.63) is 29.8 Å². The highest BCUT2D eigenvalue weighted by molar-refractivity contribution is 7.99. The van der Waals surface area contributed by atoms with Gasteiger partial charge in [-0.2, -0.15) is 0 Å². The van der Waals surface area contributed by atoms with Crippen molar-refractivity contribution in [2.24, 2.45) is 0 Å². The van der Waals surface area contributed by atoms with Crippen LogP contribution in [0.3, 0.4) is 0 Å². The van der Waals surface area contributed by atoms with Crippen molar-refractivity contribution in [1.29, 1.82) is 0 Å². The molecule has 0 heterocycles. The van der Waals surface area contributed by atoms with Crippen LogP contribution in [0.1, 0.15) is 25.3 Å². The zero-order valence-electron chi connectivity index (χ0n) is 9.40. The highest BCUT2D eigenvalue weighted by atomic mass is 32.2. The number of hydrogen-bond acceptors (Lipinski definition) is 3. The van der Waals surface area contributed by atoms with Gasteiger partial charge in [-0.05, 0) is 29.9 Å². The van der Waals surface area contributed by atoms with Gasteiger partial charge in [0.15, 0.2) is 0 Å². The van der Waals surface area contributed by atoms with E-state index in [0.717, 1.165) is 11.3 Å². The summed E-state index contributed by atoms with van der Waals surface area (Å²) in [6.07, 6.45) is 2.65. The van der Waals surface area contributed by atoms with Gasteiger partial charge in [0.25, 0.3) is 0 Å². The van der Waals surface area contributed by atoms with E-state index in [0.29, 0.717) is 0 Å². The molecule has 0 bridgehead atoms. The predicted octanol–water partition coefficient (Wildman–Crippen LogP) is 2.63. The molecule has 0 aliphatic heterocycles. The van der Waals surface area contributed by atoms with Gasteiger partial charge in [-0.15, -0.1) is 11.8 Å². The molecule has 1 aromatic carbocycles. The van der Waals surface area contributed by atoms with E-state index in [2.05, 4.69) is 6.92 Å². The van der Waals surface area contributed by atoms with Gasteiger partial charge in [0, 0.05) is 4.90 Å². The number of thioether (sulfide) groups is 1. The lowest BCUT2D eigenvalue weighted by Gasteiger charge is -2.03. The van der Waals surface area contributed by atoms with Crippen LogP contribution in [0.2, 0.25) is 0 Å². The fraction of sp³-hybridized carbons (Fsp3) is 0.417. The molecular weight excluding hydrogens is 222 g/mol. The normalized spacial score (nSPS) is 10.1. The Morgan fingerprint density at radius 2 is 2.06 bits per heavy atom. The van der Waals surface area contributed by atoms with Crippen molar-refractivity contribution in [3.8, 4) is 0 Å². The summed E-state index contributed by atoms with van der Waals surface area (Å²) in [7, 11) is 0. The van der Waals surface area contributed by atoms with Gasteiger partial charge < -0.3 is 0 Å². The summed E-state index contributed by atoms with van der Waals surface area (Å²) in [4.78, 5) is 12.1. The van der Waals surface area contributed by atoms with Crippen LogP contribution in [0.25, 0.3) is 0 Å². The lowest BCUT2D eigenvalue weighted by molar-refractivity contribution is -0.128. The third-order valence-corrected chi connectivity index (χ3v) is 3.28. The van der Waals surface area contributed by atoms with Gasteiger partial charge in [-0.25, -0.2) is 5.48 Å². The Labute approximate surface area is 100 Å². The second-order valence-electron chi connectivity index (χ2n) is 3.56. The van der Waals surface area contributed by atoms with Crippen LogP contribution in [0, 0.1) is 0 Å². The minimum atomic E-state index is -0.383. The van der Waals surface area contributed by atoms with Crippen LogP contribution in [-0.2, 0) is 11.2 Å². The molecule has 0 saturated carbocycles. The molecule has 0 spiro atoms. The van der Waals surface area contributed by atoms with Crippen LogP contribution in [0.4, 0.5) is 0 Å². The van der Waals surface area contributed by atoms with Crippen molar-refractivity contribution in [2.45, 2.75) is 31.1 Å². The molecule has 4 heteroatoms. The van der Waals surface area contributed by atoms with E-state index in [-0.39, 0.29) is 12.3 Å². The molecule has 0 aromatic heterocycles. The van der Waals surface area contributed by atoms with Crippen LogP contribution in [0.15, 0.2) is 29.2 Å². The molecule has 1 rings (SSSR count). The lowest BCUT2D eigenvalue weighted by atomic mass is 10.1. The van der Waals surface area contributed by atoms with E-state index in [1.807, 2.05) is 36.0 Å². The quantitative estimate of drug-likeness (QED) is 0.347. The van der Waals surface area contributed by atoms with E-state index in [4.69, 9.17) is 5.21 Å². The molecule has 0 fully saturated rings. The molecule has 0 radical (unpaired) electrons. The number of carbonyl (C=O) groups is 1. The van der Waals surface area contributed by atoms with E-state index >= 15 is 0 Å². The summed E-state index contributed by atoms with van der Waals surface area (Å²) in [6, 6.07) is 7.87. The largest absolute Gasteiger partial charge is 0.289 e. The first-order valence-corrected chi connectivity index (χ1v) is 6.39. The zero-order chi connectivity index (χ0) is 11.8. The maximum atomic E-state index is 10.9. The maximum absolute atomic E-state index is 10.9. The van der Waals surface area contributed by atoms with Crippen LogP contribution in [-0.4, -0.2) is 16.9 Å². The van der Waals surface area contributed by atoms with Crippen molar-refractivity contribution >= 4 is 17.7 Å². The minimum absolute atomic E-state index is 0.219. The summed E-state index contributed by atoms with van der Waals surface area (Å²) in [6.45, 7) is 2.18. The summed E-state index contributed by atoms with van der Waals surface area (Å²) in [5.74, 6) is 0.749. The molecule has 0 atom stereocenters. The first kappa shape index (κ1) is 13.1. The SMILES string of the molecule is CCCCSc1ccc(CC(=O)NO)cc1. The molecule has 0 unspecified atom stereocenters. The average Bonchev–Trinajstić information content (AvgIpc) is 2.31. The Hall–Kier alpha value is -1.00. The Balaban J connectivity index is 2.44. The third kappa shape index (κ3) is 4.68. The molecule has 16 heavy (non-hydrogen) atoms. The molecule has 0 aliphatic carbocycles. The molecule has 88 valence electrons. The van der Waals surface area contributed by atoms with Crippen LogP contribution in [0.5, 0.6) is 0 Å². The molecular formula is C12H17NO2S. The molecule has 3 nitrogen and oxygen atoms in total. The topological polar surface area (TPSA) is 49.3 Å². The Bertz CT molecular complexity index is 324. The van der Waals surface area contributed by atoms with Gasteiger partial charge in [0.1, 0.15) is 0 Å². The van der Waals surface area contributed by atoms with E-state index in [1.54, 1.807) is 5.48 Å². The number of hydroxylamine groups is 1. The Kier molecular flexibility index (Phi) is 5.96. The molecule has 1 aromatic rings. The second-order valence-corrected chi connectivity index (χ2v) is 4.73. The molecule has 0 saturated heterocycles. The molecule has 0 aliphatic rings. The second kappa shape index (κ2) is 7.30. The molecule has 2 N–H and O–H groups in total. The number of nitrogens with one attached hydrogen (secondary N) is 1. The van der Waals surface area contributed by atoms with Crippen LogP contribution >= 0.6 is 11.8 Å². The zero-order valence-corrected chi connectivity index (χ0v) is 10.2. The monoisotopic (exact) mass is 239 g/mol. The highest BCUT2D eigenvalue weighted by Crippen LogP contribution is 2.19. The van der Waals surface area contributed by atoms with Crippen molar-refractivity contribution in [2.75, 3.05) is 5.75 Å². The summed E-state index contributed by atoms with van der Waals surface area (Å²) >= 11 is 1.83. The minimum Gasteiger partial charge on any atom is -0.289 e. The van der Waals surface area contributed by atoms with Gasteiger partial charge in [0.2, 0.25) is 5.91 Å². The highest BCUT2D eigenvalue weighted by Gasteiger charge is 2.01. The number of unbranched alkanes of at least 4 members (excludes halogenated alkanes) is 1. The summed E-state index contributed by atoms with van der Waals surface area (Å²) in [5.41, 5.74) is 2.53. The first-order chi connectivity index (χ1) is 7.76. The Morgan fingerprint density at radius 1 is 1.38 bits per heavy atom. The van der Waals surface area contributed by atoms with Gasteiger partial charge in [0.05, 0.1) is 6.42 Å². The third-order valence-electron chi connectivity index (χ3n) is 2.18. The number of amides is 1. The number of benzene rings is 1. The maximum Gasteiger partial charge on any atom is 0.247 e. The van der Waals surface area contributed by atoms with Gasteiger partial charge >= 0.3 is 0 Å². The van der Waals surface area contributed by atoms with E-state index in [1.165, 1.54) is 17.7 Å². The van der Waals surface area contributed by atoms with Gasteiger partial charge in [-0.3, -0.25) is 10.0 Å². The first-order valence-electron chi connectivity index (χ1n) is 5.41. The summed E-state index contributed by atoms with van der Waals surface area (Å²) < 4.78 is 0. The lowest BCUT2D eigenvalue weighted by Crippen LogP contribution is -2.20. The van der Waals surface area contributed by atoms with E-state index < -0.39 is 0 Å². The molecule has 1 amide bonds. The number of carbonyl (C=O) groups excluding carboxylic acids is 1. The summed E-state index contributed by atoms with van der Waals surface area (Å²) in [5, 5.41) is 8.39. The van der Waals surface area contributed by atoms with Crippen LogP contribution < -0.4 is 5.48 Å². The average molecular weight is 239 g/mol. The van der Waals surface area contributed by atoms with Crippen molar-refractivity contribution in [1.82, 2.24) is 5.48 Å². The number of rotatable bonds is 6. The van der Waals surface area contributed by atoms with E-state index in [9.17, 15) is 4.79 Å². The van der Waals surface area contributed by atoms with Crippen molar-refractivity contribution in [3.63, 3.8) is 0 Å².